The third kappa shape index (κ3) is 5.01. The van der Waals surface area contributed by atoms with Gasteiger partial charge in [0.1, 0.15) is 18.2 Å². The van der Waals surface area contributed by atoms with Crippen LogP contribution in [0.1, 0.15) is 19.4 Å². The van der Waals surface area contributed by atoms with E-state index in [1.807, 2.05) is 23.7 Å². The van der Waals surface area contributed by atoms with Crippen LogP contribution in [0.2, 0.25) is 0 Å². The van der Waals surface area contributed by atoms with Gasteiger partial charge in [-0.05, 0) is 18.1 Å². The van der Waals surface area contributed by atoms with E-state index in [4.69, 9.17) is 5.73 Å². The Morgan fingerprint density at radius 1 is 1.38 bits per heavy atom. The van der Waals surface area contributed by atoms with Gasteiger partial charge in [0, 0.05) is 34.6 Å². The van der Waals surface area contributed by atoms with E-state index in [-0.39, 0.29) is 5.92 Å². The largest absolute Gasteiger partial charge is 0.405 e. The highest BCUT2D eigenvalue weighted by molar-refractivity contribution is 5.95. The standard InChI is InChI=1S/C19H23F3N6O/c1-10(2)16(18(29)27-9-19(20,21)22)28-13-3-11(5-24-7-13)15-8-26-17-14(15)4-12(23)6-25-17/h3-6,8,10,16,24,28H,7,9,23H2,1-2H3,(H,25,26)(H,27,29). The number of halogens is 3. The maximum absolute atomic E-state index is 12.4. The summed E-state index contributed by atoms with van der Waals surface area (Å²) in [7, 11) is 0. The van der Waals surface area contributed by atoms with Gasteiger partial charge in [0.05, 0.1) is 18.4 Å². The summed E-state index contributed by atoms with van der Waals surface area (Å²) in [6.07, 6.45) is 2.59. The van der Waals surface area contributed by atoms with Gasteiger partial charge in [-0.2, -0.15) is 13.2 Å². The Hall–Kier alpha value is -3.17. The lowest BCUT2D eigenvalue weighted by molar-refractivity contribution is -0.140. The molecule has 6 N–H and O–H groups in total. The molecule has 0 aromatic carbocycles. The summed E-state index contributed by atoms with van der Waals surface area (Å²) in [4.78, 5) is 19.6. The Balaban J connectivity index is 1.79. The summed E-state index contributed by atoms with van der Waals surface area (Å²) in [5.41, 5.74) is 9.45. The Kier molecular flexibility index (Phi) is 5.71. The highest BCUT2D eigenvalue weighted by Crippen LogP contribution is 2.27. The number of alkyl halides is 3. The number of H-pyrrole nitrogens is 1. The van der Waals surface area contributed by atoms with Gasteiger partial charge >= 0.3 is 6.18 Å². The van der Waals surface area contributed by atoms with E-state index in [2.05, 4.69) is 20.6 Å². The first-order chi connectivity index (χ1) is 13.6. The summed E-state index contributed by atoms with van der Waals surface area (Å²) < 4.78 is 37.3. The minimum atomic E-state index is -4.45. The van der Waals surface area contributed by atoms with Gasteiger partial charge in [-0.15, -0.1) is 0 Å². The number of amides is 1. The van der Waals surface area contributed by atoms with Crippen LogP contribution < -0.4 is 21.7 Å². The van der Waals surface area contributed by atoms with E-state index in [1.165, 1.54) is 0 Å². The van der Waals surface area contributed by atoms with Crippen LogP contribution in [0, 0.1) is 5.92 Å². The van der Waals surface area contributed by atoms with Crippen LogP contribution in [0.15, 0.2) is 36.4 Å². The Labute approximate surface area is 165 Å². The van der Waals surface area contributed by atoms with Crippen molar-refractivity contribution in [2.45, 2.75) is 26.1 Å². The molecular weight excluding hydrogens is 385 g/mol. The topological polar surface area (TPSA) is 108 Å². The molecule has 0 radical (unpaired) electrons. The number of rotatable bonds is 6. The predicted octanol–water partition coefficient (Wildman–Crippen LogP) is 2.27. The number of nitrogens with two attached hydrogens (primary N) is 1. The summed E-state index contributed by atoms with van der Waals surface area (Å²) in [5.74, 6) is -0.908. The molecule has 0 fully saturated rings. The number of aromatic amines is 1. The fraction of sp³-hybridized carbons (Fsp3) is 0.368. The number of anilines is 1. The molecule has 1 aliphatic rings. The molecule has 0 bridgehead atoms. The molecule has 3 rings (SSSR count). The molecule has 1 atom stereocenters. The van der Waals surface area contributed by atoms with Gasteiger partial charge in [-0.3, -0.25) is 4.79 Å². The molecule has 1 aliphatic heterocycles. The van der Waals surface area contributed by atoms with Crippen molar-refractivity contribution in [2.24, 2.45) is 5.92 Å². The smallest absolute Gasteiger partial charge is 0.397 e. The molecular formula is C19H23F3N6O. The number of nitrogens with zero attached hydrogens (tertiary/aromatic N) is 1. The lowest BCUT2D eigenvalue weighted by Gasteiger charge is -2.26. The number of hydrogen-bond acceptors (Lipinski definition) is 5. The minimum absolute atomic E-state index is 0.212. The monoisotopic (exact) mass is 408 g/mol. The number of pyridine rings is 1. The normalized spacial score (nSPS) is 15.5. The van der Waals surface area contributed by atoms with Crippen molar-refractivity contribution in [1.82, 2.24) is 25.9 Å². The number of allylic oxidation sites excluding steroid dienone is 2. The quantitative estimate of drug-likeness (QED) is 0.504. The van der Waals surface area contributed by atoms with Crippen molar-refractivity contribution in [2.75, 3.05) is 18.8 Å². The average Bonchev–Trinajstić information content (AvgIpc) is 3.06. The van der Waals surface area contributed by atoms with Gasteiger partial charge in [-0.1, -0.05) is 13.8 Å². The first kappa shape index (κ1) is 20.6. The fourth-order valence-electron chi connectivity index (χ4n) is 3.09. The van der Waals surface area contributed by atoms with E-state index in [1.54, 1.807) is 26.2 Å². The molecule has 2 aromatic heterocycles. The molecule has 156 valence electrons. The van der Waals surface area contributed by atoms with Crippen molar-refractivity contribution in [3.63, 3.8) is 0 Å². The third-order valence-corrected chi connectivity index (χ3v) is 4.50. The van der Waals surface area contributed by atoms with Crippen LogP contribution in [0.4, 0.5) is 18.9 Å². The van der Waals surface area contributed by atoms with Crippen LogP contribution >= 0.6 is 0 Å². The van der Waals surface area contributed by atoms with Crippen molar-refractivity contribution in [3.05, 3.63) is 42.0 Å². The molecule has 0 aliphatic carbocycles. The SMILES string of the molecule is CC(C)C(NC1=CC(c2c[nH]c3ncc(N)cc23)=CNC1)C(=O)NCC(F)(F)F. The zero-order chi connectivity index (χ0) is 21.2. The molecule has 2 aromatic rings. The van der Waals surface area contributed by atoms with E-state index in [9.17, 15) is 18.0 Å². The van der Waals surface area contributed by atoms with E-state index >= 15 is 0 Å². The van der Waals surface area contributed by atoms with Crippen molar-refractivity contribution >= 4 is 28.2 Å². The Morgan fingerprint density at radius 3 is 2.83 bits per heavy atom. The minimum Gasteiger partial charge on any atom is -0.397 e. The number of aromatic nitrogens is 2. The lowest BCUT2D eigenvalue weighted by atomic mass is 10.0. The van der Waals surface area contributed by atoms with Gasteiger partial charge in [-0.25, -0.2) is 4.98 Å². The number of nitrogen functional groups attached to an aromatic ring is 1. The average molecular weight is 408 g/mol. The number of dihydropyridines is 1. The molecule has 0 saturated heterocycles. The van der Waals surface area contributed by atoms with Gasteiger partial charge < -0.3 is 26.7 Å². The van der Waals surface area contributed by atoms with Crippen molar-refractivity contribution in [1.29, 1.82) is 0 Å². The Bertz CT molecular complexity index is 960. The first-order valence-corrected chi connectivity index (χ1v) is 9.12. The van der Waals surface area contributed by atoms with Crippen LogP contribution in [0.25, 0.3) is 16.6 Å². The van der Waals surface area contributed by atoms with Crippen molar-refractivity contribution < 1.29 is 18.0 Å². The number of nitrogens with one attached hydrogen (secondary N) is 4. The second-order valence-electron chi connectivity index (χ2n) is 7.22. The molecule has 3 heterocycles. The summed E-state index contributed by atoms with van der Waals surface area (Å²) in [6.45, 7) is 2.60. The van der Waals surface area contributed by atoms with E-state index in [0.717, 1.165) is 16.5 Å². The highest BCUT2D eigenvalue weighted by Gasteiger charge is 2.31. The zero-order valence-corrected chi connectivity index (χ0v) is 16.0. The molecule has 0 spiro atoms. The van der Waals surface area contributed by atoms with Crippen LogP contribution in [0.3, 0.4) is 0 Å². The molecule has 10 heteroatoms. The first-order valence-electron chi connectivity index (χ1n) is 9.12. The summed E-state index contributed by atoms with van der Waals surface area (Å²) in [5, 5.41) is 8.99. The number of hydrogen-bond donors (Lipinski definition) is 5. The fourth-order valence-corrected chi connectivity index (χ4v) is 3.09. The van der Waals surface area contributed by atoms with Gasteiger partial charge in [0.25, 0.3) is 0 Å². The summed E-state index contributed by atoms with van der Waals surface area (Å²) in [6, 6.07) is 1.01. The Morgan fingerprint density at radius 2 is 2.14 bits per heavy atom. The zero-order valence-electron chi connectivity index (χ0n) is 16.0. The maximum Gasteiger partial charge on any atom is 0.405 e. The molecule has 29 heavy (non-hydrogen) atoms. The number of fused-ring (bicyclic) bond motifs is 1. The van der Waals surface area contributed by atoms with E-state index in [0.29, 0.717) is 23.6 Å². The highest BCUT2D eigenvalue weighted by atomic mass is 19.4. The molecule has 7 nitrogen and oxygen atoms in total. The maximum atomic E-state index is 12.4. The summed E-state index contributed by atoms with van der Waals surface area (Å²) >= 11 is 0. The van der Waals surface area contributed by atoms with Gasteiger partial charge in [0.15, 0.2) is 0 Å². The predicted molar refractivity (Wildman–Crippen MR) is 105 cm³/mol. The van der Waals surface area contributed by atoms with Crippen LogP contribution in [-0.4, -0.2) is 41.2 Å². The second-order valence-corrected chi connectivity index (χ2v) is 7.22. The third-order valence-electron chi connectivity index (χ3n) is 4.50. The lowest BCUT2D eigenvalue weighted by Crippen LogP contribution is -2.50. The van der Waals surface area contributed by atoms with Crippen LogP contribution in [0.5, 0.6) is 0 Å². The molecule has 1 unspecified atom stereocenters. The molecule has 0 saturated carbocycles. The van der Waals surface area contributed by atoms with Crippen LogP contribution in [-0.2, 0) is 4.79 Å². The molecule has 1 amide bonds. The second kappa shape index (κ2) is 8.06. The van der Waals surface area contributed by atoms with E-state index < -0.39 is 24.7 Å². The number of carbonyl (C=O) groups is 1. The number of carbonyl (C=O) groups excluding carboxylic acids is 1. The van der Waals surface area contributed by atoms with Crippen molar-refractivity contribution in [3.8, 4) is 0 Å². The van der Waals surface area contributed by atoms with Gasteiger partial charge in [0.2, 0.25) is 5.91 Å².